The number of likely N-dealkylation sites (tertiary alicyclic amines) is 1. The van der Waals surface area contributed by atoms with Crippen LogP contribution < -0.4 is 0 Å². The molecule has 0 aliphatic carbocycles. The molecule has 1 amide bonds. The maximum atomic E-state index is 13.0. The first-order valence-electron chi connectivity index (χ1n) is 8.75. The molecule has 0 N–H and O–H groups in total. The van der Waals surface area contributed by atoms with Gasteiger partial charge in [-0.05, 0) is 36.5 Å². The normalized spacial score (nSPS) is 16.8. The molecule has 3 aromatic rings. The standard InChI is InChI=1S/C21H19ClN2O2/c22-19-9-5-4-8-17(19)20-18(13-23-26-20)21(25)24-11-10-16(14-24)12-15-6-2-1-3-7-15/h1-9,13,16H,10-12,14H2. The average Bonchev–Trinajstić information content (AvgIpc) is 3.32. The van der Waals surface area contributed by atoms with Crippen molar-refractivity contribution in [3.63, 3.8) is 0 Å². The molecule has 0 radical (unpaired) electrons. The van der Waals surface area contributed by atoms with Crippen LogP contribution in [0, 0.1) is 5.92 Å². The lowest BCUT2D eigenvalue weighted by molar-refractivity contribution is 0.0787. The number of halogens is 1. The highest BCUT2D eigenvalue weighted by atomic mass is 35.5. The maximum Gasteiger partial charge on any atom is 0.259 e. The third kappa shape index (κ3) is 3.37. The summed E-state index contributed by atoms with van der Waals surface area (Å²) in [4.78, 5) is 14.9. The second-order valence-corrected chi connectivity index (χ2v) is 7.05. The molecule has 1 aromatic heterocycles. The van der Waals surface area contributed by atoms with E-state index in [9.17, 15) is 4.79 Å². The van der Waals surface area contributed by atoms with E-state index in [1.165, 1.54) is 11.8 Å². The first kappa shape index (κ1) is 16.9. The fourth-order valence-corrected chi connectivity index (χ4v) is 3.75. The molecule has 5 heteroatoms. The Morgan fingerprint density at radius 2 is 1.92 bits per heavy atom. The summed E-state index contributed by atoms with van der Waals surface area (Å²) >= 11 is 6.25. The summed E-state index contributed by atoms with van der Waals surface area (Å²) in [5, 5.41) is 4.38. The van der Waals surface area contributed by atoms with E-state index in [0.717, 1.165) is 25.9 Å². The van der Waals surface area contributed by atoms with Crippen LogP contribution in [0.1, 0.15) is 22.3 Å². The van der Waals surface area contributed by atoms with Crippen LogP contribution in [0.2, 0.25) is 5.02 Å². The summed E-state index contributed by atoms with van der Waals surface area (Å²) in [7, 11) is 0. The first-order chi connectivity index (χ1) is 12.7. The van der Waals surface area contributed by atoms with Gasteiger partial charge in [0.25, 0.3) is 5.91 Å². The van der Waals surface area contributed by atoms with Gasteiger partial charge in [-0.15, -0.1) is 0 Å². The number of rotatable bonds is 4. The van der Waals surface area contributed by atoms with E-state index in [0.29, 0.717) is 27.8 Å². The smallest absolute Gasteiger partial charge is 0.259 e. The van der Waals surface area contributed by atoms with Gasteiger partial charge in [0.1, 0.15) is 5.56 Å². The van der Waals surface area contributed by atoms with Crippen molar-refractivity contribution in [3.8, 4) is 11.3 Å². The molecule has 0 spiro atoms. The number of hydrogen-bond donors (Lipinski definition) is 0. The van der Waals surface area contributed by atoms with Gasteiger partial charge >= 0.3 is 0 Å². The minimum atomic E-state index is -0.0447. The van der Waals surface area contributed by atoms with E-state index in [1.54, 1.807) is 6.07 Å². The topological polar surface area (TPSA) is 46.3 Å². The van der Waals surface area contributed by atoms with E-state index in [2.05, 4.69) is 29.4 Å². The molecule has 2 heterocycles. The lowest BCUT2D eigenvalue weighted by Gasteiger charge is -2.16. The Labute approximate surface area is 157 Å². The van der Waals surface area contributed by atoms with E-state index < -0.39 is 0 Å². The lowest BCUT2D eigenvalue weighted by atomic mass is 9.99. The predicted octanol–water partition coefficient (Wildman–Crippen LogP) is 4.70. The van der Waals surface area contributed by atoms with Crippen LogP contribution in [0.15, 0.2) is 65.3 Å². The van der Waals surface area contributed by atoms with Crippen molar-refractivity contribution < 1.29 is 9.32 Å². The number of nitrogens with zero attached hydrogens (tertiary/aromatic N) is 2. The number of benzene rings is 2. The number of hydrogen-bond acceptors (Lipinski definition) is 3. The SMILES string of the molecule is O=C(c1cnoc1-c1ccccc1Cl)N1CCC(Cc2ccccc2)C1. The minimum Gasteiger partial charge on any atom is -0.355 e. The van der Waals surface area contributed by atoms with Crippen molar-refractivity contribution in [3.05, 3.63) is 76.9 Å². The van der Waals surface area contributed by atoms with Crippen LogP contribution >= 0.6 is 11.6 Å². The quantitative estimate of drug-likeness (QED) is 0.672. The Kier molecular flexibility index (Phi) is 4.76. The van der Waals surface area contributed by atoms with Crippen molar-refractivity contribution in [2.45, 2.75) is 12.8 Å². The van der Waals surface area contributed by atoms with Crippen molar-refractivity contribution in [1.82, 2.24) is 10.1 Å². The van der Waals surface area contributed by atoms with Crippen LogP contribution in [-0.4, -0.2) is 29.1 Å². The van der Waals surface area contributed by atoms with E-state index in [4.69, 9.17) is 16.1 Å². The summed E-state index contributed by atoms with van der Waals surface area (Å²) in [6.07, 6.45) is 3.49. The minimum absolute atomic E-state index is 0.0447. The van der Waals surface area contributed by atoms with E-state index >= 15 is 0 Å². The number of carbonyl (C=O) groups is 1. The maximum absolute atomic E-state index is 13.0. The molecular formula is C21H19ClN2O2. The third-order valence-corrected chi connectivity index (χ3v) is 5.19. The second kappa shape index (κ2) is 7.34. The molecule has 1 unspecified atom stereocenters. The highest BCUT2D eigenvalue weighted by molar-refractivity contribution is 6.33. The zero-order valence-corrected chi connectivity index (χ0v) is 15.0. The zero-order chi connectivity index (χ0) is 17.9. The molecule has 1 fully saturated rings. The first-order valence-corrected chi connectivity index (χ1v) is 9.13. The molecule has 4 rings (SSSR count). The van der Waals surface area contributed by atoms with Crippen molar-refractivity contribution in [2.75, 3.05) is 13.1 Å². The molecule has 1 saturated heterocycles. The fraction of sp³-hybridized carbons (Fsp3) is 0.238. The molecule has 4 nitrogen and oxygen atoms in total. The van der Waals surface area contributed by atoms with Crippen LogP contribution in [0.3, 0.4) is 0 Å². The van der Waals surface area contributed by atoms with Crippen LogP contribution in [0.4, 0.5) is 0 Å². The second-order valence-electron chi connectivity index (χ2n) is 6.64. The summed E-state index contributed by atoms with van der Waals surface area (Å²) in [6.45, 7) is 1.50. The zero-order valence-electron chi connectivity index (χ0n) is 14.3. The third-order valence-electron chi connectivity index (χ3n) is 4.86. The van der Waals surface area contributed by atoms with Gasteiger partial charge in [0, 0.05) is 18.7 Å². The summed E-state index contributed by atoms with van der Waals surface area (Å²) < 4.78 is 5.35. The highest BCUT2D eigenvalue weighted by Crippen LogP contribution is 2.32. The van der Waals surface area contributed by atoms with Gasteiger partial charge < -0.3 is 9.42 Å². The summed E-state index contributed by atoms with van der Waals surface area (Å²) in [6, 6.07) is 17.7. The van der Waals surface area contributed by atoms with Crippen LogP contribution in [-0.2, 0) is 6.42 Å². The molecule has 0 saturated carbocycles. The largest absolute Gasteiger partial charge is 0.355 e. The highest BCUT2D eigenvalue weighted by Gasteiger charge is 2.30. The predicted molar refractivity (Wildman–Crippen MR) is 101 cm³/mol. The Morgan fingerprint density at radius 3 is 2.73 bits per heavy atom. The van der Waals surface area contributed by atoms with Gasteiger partial charge in [-0.3, -0.25) is 4.79 Å². The summed E-state index contributed by atoms with van der Waals surface area (Å²) in [5.74, 6) is 0.869. The van der Waals surface area contributed by atoms with Crippen molar-refractivity contribution in [1.29, 1.82) is 0 Å². The van der Waals surface area contributed by atoms with E-state index in [1.807, 2.05) is 29.2 Å². The van der Waals surface area contributed by atoms with Crippen LogP contribution in [0.25, 0.3) is 11.3 Å². The molecular weight excluding hydrogens is 348 g/mol. The van der Waals surface area contributed by atoms with Gasteiger partial charge in [-0.25, -0.2) is 0 Å². The Morgan fingerprint density at radius 1 is 1.15 bits per heavy atom. The summed E-state index contributed by atoms with van der Waals surface area (Å²) in [5.41, 5.74) is 2.47. The lowest BCUT2D eigenvalue weighted by Crippen LogP contribution is -2.29. The Hall–Kier alpha value is -2.59. The molecule has 1 aliphatic rings. The van der Waals surface area contributed by atoms with Crippen LogP contribution in [0.5, 0.6) is 0 Å². The number of amides is 1. The van der Waals surface area contributed by atoms with Gasteiger partial charge in [-0.1, -0.05) is 59.2 Å². The Bertz CT molecular complexity index is 907. The van der Waals surface area contributed by atoms with Crippen molar-refractivity contribution >= 4 is 17.5 Å². The number of aromatic nitrogens is 1. The number of carbonyl (C=O) groups excluding carboxylic acids is 1. The van der Waals surface area contributed by atoms with Gasteiger partial charge in [0.05, 0.1) is 11.2 Å². The molecule has 132 valence electrons. The molecule has 1 atom stereocenters. The average molecular weight is 367 g/mol. The van der Waals surface area contributed by atoms with Gasteiger partial charge in [0.2, 0.25) is 0 Å². The molecule has 1 aliphatic heterocycles. The molecule has 2 aromatic carbocycles. The monoisotopic (exact) mass is 366 g/mol. The van der Waals surface area contributed by atoms with E-state index in [-0.39, 0.29) is 5.91 Å². The van der Waals surface area contributed by atoms with Gasteiger partial charge in [-0.2, -0.15) is 0 Å². The molecule has 26 heavy (non-hydrogen) atoms. The fourth-order valence-electron chi connectivity index (χ4n) is 3.53. The Balaban J connectivity index is 1.50. The van der Waals surface area contributed by atoms with Gasteiger partial charge in [0.15, 0.2) is 5.76 Å². The molecule has 0 bridgehead atoms. The van der Waals surface area contributed by atoms with Crippen molar-refractivity contribution in [2.24, 2.45) is 5.92 Å².